The summed E-state index contributed by atoms with van der Waals surface area (Å²) in [5, 5.41) is 85.4. The van der Waals surface area contributed by atoms with Gasteiger partial charge in [0.15, 0.2) is 0 Å². The molecule has 0 aliphatic carbocycles. The van der Waals surface area contributed by atoms with E-state index in [1.54, 1.807) is 6.92 Å². The predicted molar refractivity (Wildman–Crippen MR) is 71.2 cm³/mol. The molecule has 0 unspecified atom stereocenters. The van der Waals surface area contributed by atoms with Crippen LogP contribution in [-0.4, -0.2) is 68.9 Å². The van der Waals surface area contributed by atoms with Gasteiger partial charge in [0, 0.05) is 56.2 Å². The van der Waals surface area contributed by atoms with Crippen molar-refractivity contribution in [2.45, 2.75) is 43.8 Å². The maximum atomic E-state index is 10.1. The van der Waals surface area contributed by atoms with Crippen LogP contribution >= 0.6 is 0 Å². The first kappa shape index (κ1) is 44.3. The Kier molecular flexibility index (Phi) is 29.6. The summed E-state index contributed by atoms with van der Waals surface area (Å²) in [6.45, 7) is 1.93. The smallest absolute Gasteiger partial charge is 0.550 e. The first-order chi connectivity index (χ1) is 13.0. The Hall–Kier alpha value is -1.43. The number of aliphatic carboxylic acids is 6. The van der Waals surface area contributed by atoms with E-state index in [9.17, 15) is 59.4 Å². The second-order valence-electron chi connectivity index (χ2n) is 5.15. The van der Waals surface area contributed by atoms with Crippen LogP contribution in [0, 0.1) is 0 Å². The Morgan fingerprint density at radius 3 is 0.750 bits per heavy atom. The average Bonchev–Trinajstić information content (AvgIpc) is 2.44. The van der Waals surface area contributed by atoms with Crippen molar-refractivity contribution in [1.82, 2.24) is 0 Å². The summed E-state index contributed by atoms with van der Waals surface area (Å²) in [7, 11) is 0. The van der Waals surface area contributed by atoms with Gasteiger partial charge in [0.2, 0.25) is 0 Å². The number of rotatable bonds is 10. The van der Waals surface area contributed by atoms with Crippen LogP contribution in [0.1, 0.15) is 32.6 Å². The van der Waals surface area contributed by atoms with E-state index in [1.807, 2.05) is 0 Å². The third-order valence-corrected chi connectivity index (χ3v) is 2.51. The molecule has 0 heterocycles. The number of carbonyl (C=O) groups is 6. The topological polar surface area (TPSA) is 301 Å². The normalized spacial score (nSPS) is 9.38. The van der Waals surface area contributed by atoms with Crippen molar-refractivity contribution < 1.29 is 133 Å². The number of hydrogen-bond acceptors (Lipinski definition) is 15. The summed E-state index contributed by atoms with van der Waals surface area (Å²) >= 11 is 0. The first-order valence-corrected chi connectivity index (χ1v) is 7.25. The Balaban J connectivity index is -0.0000000866. The number of hydrogen-bond donors (Lipinski definition) is 3. The third kappa shape index (κ3) is 23.2. The molecule has 0 radical (unpaired) electrons. The molecule has 32 heavy (non-hydrogen) atoms. The minimum atomic E-state index is -2.97. The molecule has 0 rings (SSSR count). The summed E-state index contributed by atoms with van der Waals surface area (Å²) in [6.07, 6.45) is -5.43. The summed E-state index contributed by atoms with van der Waals surface area (Å²) in [5.74, 6) is -12.0. The molecule has 0 bridgehead atoms. The minimum Gasteiger partial charge on any atom is -0.550 e. The Labute approximate surface area is 218 Å². The van der Waals surface area contributed by atoms with Crippen molar-refractivity contribution >= 4 is 35.8 Å². The van der Waals surface area contributed by atoms with Gasteiger partial charge < -0.3 is 74.7 Å². The van der Waals surface area contributed by atoms with E-state index < -0.39 is 72.7 Å². The van der Waals surface area contributed by atoms with Crippen molar-refractivity contribution in [3.8, 4) is 0 Å². The molecule has 0 amide bonds. The van der Waals surface area contributed by atoms with Crippen LogP contribution in [0.4, 0.5) is 0 Å². The van der Waals surface area contributed by atoms with Crippen LogP contribution in [0.25, 0.3) is 0 Å². The fourth-order valence-electron chi connectivity index (χ4n) is 1.37. The zero-order valence-electron chi connectivity index (χ0n) is 16.9. The van der Waals surface area contributed by atoms with Crippen LogP contribution in [0.5, 0.6) is 0 Å². The summed E-state index contributed by atoms with van der Waals surface area (Å²) in [4.78, 5) is 60.0. The summed E-state index contributed by atoms with van der Waals surface area (Å²) in [5.41, 5.74) is -5.95. The third-order valence-electron chi connectivity index (χ3n) is 2.51. The number of carbonyl (C=O) groups excluding carboxylic acids is 6. The Morgan fingerprint density at radius 2 is 0.688 bits per heavy atom. The maximum Gasteiger partial charge on any atom is 2.00 e. The van der Waals surface area contributed by atoms with E-state index >= 15 is 0 Å². The van der Waals surface area contributed by atoms with Gasteiger partial charge in [-0.3, -0.25) is 0 Å². The average molecular weight is 620 g/mol. The van der Waals surface area contributed by atoms with E-state index in [1.165, 1.54) is 0 Å². The largest absolute Gasteiger partial charge is 2.00 e. The monoisotopic (exact) mass is 616 g/mol. The van der Waals surface area contributed by atoms with E-state index in [4.69, 9.17) is 15.3 Å². The number of aliphatic hydroxyl groups excluding tert-OH is 1. The van der Waals surface area contributed by atoms with Crippen LogP contribution in [-0.2, 0) is 87.2 Å². The fourth-order valence-corrected chi connectivity index (χ4v) is 1.37. The molecule has 0 aliphatic heterocycles. The van der Waals surface area contributed by atoms with E-state index in [0.717, 1.165) is 0 Å². The molecule has 0 atom stereocenters. The number of aliphatic hydroxyl groups is 3. The van der Waals surface area contributed by atoms with Crippen LogP contribution in [0.2, 0.25) is 0 Å². The molecule has 0 aromatic heterocycles. The zero-order valence-corrected chi connectivity index (χ0v) is 25.8. The number of carboxylic acid groups (broad SMARTS) is 6. The molecular formula is C14H16O15Zn3. The molecule has 168 valence electrons. The minimum absolute atomic E-state index is 0. The van der Waals surface area contributed by atoms with Crippen molar-refractivity contribution in [1.29, 1.82) is 0 Å². The van der Waals surface area contributed by atoms with Gasteiger partial charge in [-0.05, 0) is 6.92 Å². The molecule has 0 aromatic carbocycles. The van der Waals surface area contributed by atoms with Crippen molar-refractivity contribution in [3.63, 3.8) is 0 Å². The van der Waals surface area contributed by atoms with E-state index in [0.29, 0.717) is 0 Å². The maximum absolute atomic E-state index is 10.1. The second kappa shape index (κ2) is 21.4. The molecule has 0 saturated carbocycles. The Morgan fingerprint density at radius 1 is 0.562 bits per heavy atom. The first-order valence-electron chi connectivity index (χ1n) is 7.25. The molecule has 0 aliphatic rings. The van der Waals surface area contributed by atoms with E-state index in [2.05, 4.69) is 0 Å². The van der Waals surface area contributed by atoms with Gasteiger partial charge in [0.1, 0.15) is 11.2 Å². The second-order valence-corrected chi connectivity index (χ2v) is 5.15. The van der Waals surface area contributed by atoms with Crippen molar-refractivity contribution in [2.75, 3.05) is 6.61 Å². The van der Waals surface area contributed by atoms with Gasteiger partial charge in [-0.25, -0.2) is 0 Å². The summed E-state index contributed by atoms with van der Waals surface area (Å²) in [6, 6.07) is 0. The molecule has 15 nitrogen and oxygen atoms in total. The van der Waals surface area contributed by atoms with Crippen LogP contribution < -0.4 is 30.6 Å². The molecule has 0 aromatic rings. The van der Waals surface area contributed by atoms with Crippen molar-refractivity contribution in [3.05, 3.63) is 0 Å². The van der Waals surface area contributed by atoms with Gasteiger partial charge in [-0.1, -0.05) is 0 Å². The van der Waals surface area contributed by atoms with E-state index in [-0.39, 0.29) is 65.0 Å². The molecular weight excluding hydrogens is 604 g/mol. The van der Waals surface area contributed by atoms with Gasteiger partial charge in [0.25, 0.3) is 0 Å². The molecule has 0 spiro atoms. The SMILES string of the molecule is CCO.O=C([O-])CC(O)(CC(=O)[O-])C(=O)[O-].O=C([O-])CC(O)(CC(=O)[O-])C(=O)[O-].[Zn+2].[Zn+2].[Zn+2]. The standard InChI is InChI=1S/2C6H8O7.C2H6O.3Zn/c2*7-3(8)1-6(13,5(11)12)2-4(9)10;1-2-3;;;/h2*13H,1-2H2,(H,7,8)(H,9,10)(H,11,12);3H,2H2,1H3;;;/q;;;3*+2/p-6. The van der Waals surface area contributed by atoms with Gasteiger partial charge >= 0.3 is 58.4 Å². The predicted octanol–water partition coefficient (Wildman–Crippen LogP) is -10.5. The molecule has 0 saturated heterocycles. The van der Waals surface area contributed by atoms with Gasteiger partial charge in [-0.15, -0.1) is 0 Å². The van der Waals surface area contributed by atoms with Crippen LogP contribution in [0.15, 0.2) is 0 Å². The van der Waals surface area contributed by atoms with Crippen molar-refractivity contribution in [2.24, 2.45) is 0 Å². The fraction of sp³-hybridized carbons (Fsp3) is 0.571. The van der Waals surface area contributed by atoms with Gasteiger partial charge in [0.05, 0.1) is 11.9 Å². The number of carboxylic acids is 6. The molecule has 18 heteroatoms. The zero-order chi connectivity index (χ0) is 24.0. The Bertz CT molecular complexity index is 538. The summed E-state index contributed by atoms with van der Waals surface area (Å²) < 4.78 is 0. The van der Waals surface area contributed by atoms with Crippen LogP contribution in [0.3, 0.4) is 0 Å². The molecule has 3 N–H and O–H groups in total. The van der Waals surface area contributed by atoms with Gasteiger partial charge in [-0.2, -0.15) is 0 Å². The molecule has 0 fully saturated rings. The quantitative estimate of drug-likeness (QED) is 0.191.